The molecule has 0 radical (unpaired) electrons. The van der Waals surface area contributed by atoms with Crippen molar-refractivity contribution in [3.63, 3.8) is 0 Å². The summed E-state index contributed by atoms with van der Waals surface area (Å²) in [4.78, 5) is 0. The zero-order chi connectivity index (χ0) is 41.9. The molecule has 11 N–H and O–H groups in total. The molecule has 8 atom stereocenters. The van der Waals surface area contributed by atoms with Gasteiger partial charge in [-0.2, -0.15) is 0 Å². The van der Waals surface area contributed by atoms with Crippen LogP contribution in [0.3, 0.4) is 0 Å². The molecule has 6 aromatic rings. The highest BCUT2D eigenvalue weighted by Crippen LogP contribution is 2.65. The van der Waals surface area contributed by atoms with E-state index < -0.39 is 76.9 Å². The molecule has 0 saturated heterocycles. The van der Waals surface area contributed by atoms with E-state index in [-0.39, 0.29) is 80.0 Å². The summed E-state index contributed by atoms with van der Waals surface area (Å²) in [7, 11) is 0. The number of ether oxygens (including phenoxy) is 4. The van der Waals surface area contributed by atoms with Gasteiger partial charge in [-0.05, 0) is 47.5 Å². The lowest BCUT2D eigenvalue weighted by Crippen LogP contribution is -2.57. The molecule has 306 valence electrons. The molecule has 0 aromatic heterocycles. The van der Waals surface area contributed by atoms with Crippen LogP contribution in [0.1, 0.15) is 68.6 Å². The Hall–Kier alpha value is -7.20. The zero-order valence-corrected chi connectivity index (χ0v) is 31.0. The van der Waals surface area contributed by atoms with Crippen LogP contribution in [0.5, 0.6) is 69.0 Å². The predicted octanol–water partition coefficient (Wildman–Crippen LogP) is 5.13. The molecule has 0 spiro atoms. The number of hydrogen-bond donors (Lipinski definition) is 11. The van der Waals surface area contributed by atoms with Gasteiger partial charge in [0.15, 0.2) is 6.10 Å². The van der Waals surface area contributed by atoms with Crippen LogP contribution >= 0.6 is 0 Å². The van der Waals surface area contributed by atoms with Crippen molar-refractivity contribution in [3.8, 4) is 69.0 Å². The first-order chi connectivity index (χ1) is 28.7. The summed E-state index contributed by atoms with van der Waals surface area (Å²) in [5.74, 6) is -8.47. The van der Waals surface area contributed by atoms with Crippen LogP contribution in [0, 0.1) is 0 Å². The van der Waals surface area contributed by atoms with Crippen molar-refractivity contribution >= 4 is 0 Å². The van der Waals surface area contributed by atoms with Crippen LogP contribution in [0.2, 0.25) is 0 Å². The average molecular weight is 817 g/mol. The lowest BCUT2D eigenvalue weighted by Gasteiger charge is -2.51. The van der Waals surface area contributed by atoms with Crippen LogP contribution in [-0.4, -0.2) is 74.5 Å². The quantitative estimate of drug-likeness (QED) is 0.110. The lowest BCUT2D eigenvalue weighted by atomic mass is 9.71. The summed E-state index contributed by atoms with van der Waals surface area (Å²) in [6, 6.07) is 22.0. The van der Waals surface area contributed by atoms with E-state index in [1.807, 2.05) is 0 Å². The van der Waals surface area contributed by atoms with Gasteiger partial charge < -0.3 is 75.1 Å². The molecule has 15 heteroatoms. The maximum Gasteiger partial charge on any atom is 0.308 e. The number of hydrogen-bond acceptors (Lipinski definition) is 15. The fraction of sp³-hybridized carbons (Fsp3) is 0.200. The monoisotopic (exact) mass is 816 g/mol. The van der Waals surface area contributed by atoms with E-state index in [9.17, 15) is 56.2 Å². The van der Waals surface area contributed by atoms with Crippen molar-refractivity contribution in [2.24, 2.45) is 0 Å². The van der Waals surface area contributed by atoms with E-state index >= 15 is 0 Å². The molecular formula is C45H36O15. The summed E-state index contributed by atoms with van der Waals surface area (Å²) in [6.45, 7) is 0. The SMILES string of the molecule is Oc1ccc(C2Oc3c(c(O)cc(O)c3C3c4c(O)cc5c(c4OC(c4ccc(O)cc4)C3O)C3c4c(O)cc(O)cc4OC(c4ccccc4O)(O5)C3O)CC2O)cc1. The normalized spacial score (nSPS) is 25.8. The molecule has 2 bridgehead atoms. The van der Waals surface area contributed by atoms with Gasteiger partial charge in [-0.25, -0.2) is 0 Å². The largest absolute Gasteiger partial charge is 0.508 e. The fourth-order valence-electron chi connectivity index (χ4n) is 9.22. The molecule has 10 rings (SSSR count). The Morgan fingerprint density at radius 2 is 1.05 bits per heavy atom. The van der Waals surface area contributed by atoms with E-state index in [4.69, 9.17) is 18.9 Å². The number of phenolic OH excluding ortho intramolecular Hbond substituents is 8. The van der Waals surface area contributed by atoms with E-state index in [0.29, 0.717) is 11.1 Å². The van der Waals surface area contributed by atoms with Gasteiger partial charge in [-0.15, -0.1) is 0 Å². The summed E-state index contributed by atoms with van der Waals surface area (Å²) in [5, 5.41) is 125. The average Bonchev–Trinajstić information content (AvgIpc) is 3.20. The number of para-hydroxylation sites is 1. The molecule has 0 saturated carbocycles. The Kier molecular flexibility index (Phi) is 8.13. The number of phenols is 8. The van der Waals surface area contributed by atoms with Crippen LogP contribution in [-0.2, 0) is 12.2 Å². The molecular weight excluding hydrogens is 780 g/mol. The van der Waals surface area contributed by atoms with E-state index in [1.165, 1.54) is 72.8 Å². The van der Waals surface area contributed by atoms with Gasteiger partial charge in [0, 0.05) is 58.5 Å². The molecule has 4 heterocycles. The van der Waals surface area contributed by atoms with Crippen LogP contribution in [0.4, 0.5) is 0 Å². The second kappa shape index (κ2) is 13.2. The van der Waals surface area contributed by atoms with E-state index in [1.54, 1.807) is 12.1 Å². The zero-order valence-electron chi connectivity index (χ0n) is 31.0. The molecule has 6 aromatic carbocycles. The number of fused-ring (bicyclic) bond motifs is 9. The van der Waals surface area contributed by atoms with Gasteiger partial charge in [0.2, 0.25) is 0 Å². The summed E-state index contributed by atoms with van der Waals surface area (Å²) >= 11 is 0. The summed E-state index contributed by atoms with van der Waals surface area (Å²) in [5.41, 5.74) is 0.585. The Balaban J connectivity index is 1.25. The number of rotatable bonds is 4. The Morgan fingerprint density at radius 3 is 1.72 bits per heavy atom. The molecule has 0 fully saturated rings. The fourth-order valence-corrected chi connectivity index (χ4v) is 9.22. The second-order valence-electron chi connectivity index (χ2n) is 15.4. The highest BCUT2D eigenvalue weighted by Gasteiger charge is 2.61. The van der Waals surface area contributed by atoms with Gasteiger partial charge in [-0.1, -0.05) is 36.4 Å². The van der Waals surface area contributed by atoms with Gasteiger partial charge in [0.05, 0.1) is 23.5 Å². The van der Waals surface area contributed by atoms with Gasteiger partial charge >= 0.3 is 5.79 Å². The molecule has 0 amide bonds. The molecule has 0 aliphatic carbocycles. The van der Waals surface area contributed by atoms with Crippen molar-refractivity contribution in [2.75, 3.05) is 0 Å². The first kappa shape index (κ1) is 37.1. The first-order valence-corrected chi connectivity index (χ1v) is 18.9. The molecule has 4 aliphatic rings. The minimum absolute atomic E-state index is 0.0184. The smallest absolute Gasteiger partial charge is 0.308 e. The number of aliphatic hydroxyl groups is 3. The topological polar surface area (TPSA) is 259 Å². The summed E-state index contributed by atoms with van der Waals surface area (Å²) < 4.78 is 25.9. The third-order valence-corrected chi connectivity index (χ3v) is 11.9. The van der Waals surface area contributed by atoms with Gasteiger partial charge in [0.1, 0.15) is 87.3 Å². The van der Waals surface area contributed by atoms with E-state index in [0.717, 1.165) is 12.1 Å². The highest BCUT2D eigenvalue weighted by atomic mass is 16.7. The molecule has 15 nitrogen and oxygen atoms in total. The third kappa shape index (κ3) is 5.33. The standard InChI is InChI=1S/C45H36O15/c46-20-9-5-18(6-10-20)40-30(54)15-23-26(50)16-28(52)34(42(23)57-40)37-35-29(53)17-32-36(43(35)58-41(39(37)55)19-7-11-21(47)12-8-19)38-33-27(51)13-22(48)14-31(33)59-45(60-32,44(38)56)24-3-1-2-4-25(24)49/h1-14,16-17,30,37-41,44,46-56H,15H2. The molecule has 4 aliphatic heterocycles. The van der Waals surface area contributed by atoms with Crippen molar-refractivity contribution in [1.29, 1.82) is 0 Å². The van der Waals surface area contributed by atoms with Crippen LogP contribution in [0.25, 0.3) is 0 Å². The van der Waals surface area contributed by atoms with Crippen molar-refractivity contribution in [1.82, 2.24) is 0 Å². The number of aliphatic hydroxyl groups excluding tert-OH is 3. The van der Waals surface area contributed by atoms with Gasteiger partial charge in [-0.3, -0.25) is 0 Å². The number of aromatic hydroxyl groups is 8. The summed E-state index contributed by atoms with van der Waals surface area (Å²) in [6.07, 6.45) is -7.29. The van der Waals surface area contributed by atoms with Gasteiger partial charge in [0.25, 0.3) is 0 Å². The lowest BCUT2D eigenvalue weighted by molar-refractivity contribution is -0.219. The minimum atomic E-state index is -2.23. The predicted molar refractivity (Wildman–Crippen MR) is 207 cm³/mol. The third-order valence-electron chi connectivity index (χ3n) is 11.9. The van der Waals surface area contributed by atoms with Crippen LogP contribution in [0.15, 0.2) is 97.1 Å². The minimum Gasteiger partial charge on any atom is -0.508 e. The Morgan fingerprint density at radius 1 is 0.483 bits per heavy atom. The van der Waals surface area contributed by atoms with Crippen molar-refractivity contribution in [2.45, 2.75) is 54.6 Å². The van der Waals surface area contributed by atoms with Crippen LogP contribution < -0.4 is 18.9 Å². The molecule has 60 heavy (non-hydrogen) atoms. The number of benzene rings is 6. The maximum atomic E-state index is 12.5. The highest BCUT2D eigenvalue weighted by molar-refractivity contribution is 5.72. The first-order valence-electron chi connectivity index (χ1n) is 18.9. The second-order valence-corrected chi connectivity index (χ2v) is 15.4. The molecule has 8 unspecified atom stereocenters. The maximum absolute atomic E-state index is 12.5. The Labute approximate surface area is 339 Å². The van der Waals surface area contributed by atoms with E-state index in [2.05, 4.69) is 0 Å². The van der Waals surface area contributed by atoms with Crippen molar-refractivity contribution < 1.29 is 75.1 Å². The Bertz CT molecular complexity index is 2720. The van der Waals surface area contributed by atoms with Crippen molar-refractivity contribution in [3.05, 3.63) is 142 Å².